The monoisotopic (exact) mass is 247 g/mol. The fourth-order valence-electron chi connectivity index (χ4n) is 1.38. The summed E-state index contributed by atoms with van der Waals surface area (Å²) in [6, 6.07) is 3.99. The average Bonchev–Trinajstić information content (AvgIpc) is 2.51. The normalized spacial score (nSPS) is 12.0. The van der Waals surface area contributed by atoms with Crippen molar-refractivity contribution in [3.63, 3.8) is 0 Å². The van der Waals surface area contributed by atoms with Crippen LogP contribution in [0.25, 0.3) is 0 Å². The molecule has 86 valence electrons. The van der Waals surface area contributed by atoms with Crippen molar-refractivity contribution in [1.29, 1.82) is 0 Å². The van der Waals surface area contributed by atoms with E-state index in [0.29, 0.717) is 0 Å². The maximum Gasteiger partial charge on any atom is 0.0931 e. The second-order valence-corrected chi connectivity index (χ2v) is 6.04. The van der Waals surface area contributed by atoms with Crippen LogP contribution in [0.4, 0.5) is 0 Å². The summed E-state index contributed by atoms with van der Waals surface area (Å²) in [5, 5.41) is 12.3. The van der Waals surface area contributed by atoms with Crippen molar-refractivity contribution in [2.24, 2.45) is 0 Å². The van der Waals surface area contributed by atoms with Crippen molar-refractivity contribution in [3.8, 4) is 0 Å². The summed E-state index contributed by atoms with van der Waals surface area (Å²) in [6.07, 6.45) is 1.77. The van der Waals surface area contributed by atoms with Gasteiger partial charge in [-0.25, -0.2) is 0 Å². The van der Waals surface area contributed by atoms with Crippen LogP contribution in [0.1, 0.15) is 25.1 Å². The Bertz CT molecular complexity index is 299. The Morgan fingerprint density at radius 2 is 2.20 bits per heavy atom. The van der Waals surface area contributed by atoms with E-state index in [1.807, 2.05) is 6.07 Å². The predicted molar refractivity (Wildman–Crippen MR) is 66.8 cm³/mol. The van der Waals surface area contributed by atoms with E-state index in [1.165, 1.54) is 4.88 Å². The van der Waals surface area contributed by atoms with Crippen molar-refractivity contribution in [2.45, 2.75) is 32.2 Å². The molecule has 1 aromatic rings. The molecule has 0 atom stereocenters. The first-order chi connectivity index (χ1) is 7.03. The number of nitrogens with one attached hydrogen (secondary N) is 1. The highest BCUT2D eigenvalue weighted by Crippen LogP contribution is 2.21. The third kappa shape index (κ3) is 4.98. The Morgan fingerprint density at radius 3 is 2.73 bits per heavy atom. The molecule has 1 aromatic heterocycles. The Morgan fingerprint density at radius 1 is 1.47 bits per heavy atom. The molecule has 4 heteroatoms. The summed E-state index contributed by atoms with van der Waals surface area (Å²) in [5.74, 6) is 0. The van der Waals surface area contributed by atoms with E-state index in [0.717, 1.165) is 23.7 Å². The molecule has 15 heavy (non-hydrogen) atoms. The zero-order valence-electron chi connectivity index (χ0n) is 9.22. The van der Waals surface area contributed by atoms with Crippen LogP contribution in [0.2, 0.25) is 4.34 Å². The molecule has 0 aliphatic heterocycles. The molecule has 1 heterocycles. The van der Waals surface area contributed by atoms with Crippen LogP contribution in [0, 0.1) is 0 Å². The number of hydrogen-bond acceptors (Lipinski definition) is 3. The number of aliphatic hydroxyl groups excluding tert-OH is 1. The molecule has 2 N–H and O–H groups in total. The van der Waals surface area contributed by atoms with Gasteiger partial charge in [-0.15, -0.1) is 11.3 Å². The van der Waals surface area contributed by atoms with Crippen LogP contribution in [-0.2, 0) is 6.42 Å². The molecule has 0 saturated heterocycles. The number of aliphatic hydroxyl groups is 1. The van der Waals surface area contributed by atoms with Gasteiger partial charge in [0.1, 0.15) is 0 Å². The van der Waals surface area contributed by atoms with E-state index in [1.54, 1.807) is 11.3 Å². The largest absolute Gasteiger partial charge is 0.396 e. The van der Waals surface area contributed by atoms with Crippen molar-refractivity contribution >= 4 is 22.9 Å². The summed E-state index contributed by atoms with van der Waals surface area (Å²) in [5.41, 5.74) is 0.00973. The molecule has 0 fully saturated rings. The molecule has 2 nitrogen and oxygen atoms in total. The first-order valence-electron chi connectivity index (χ1n) is 5.13. The van der Waals surface area contributed by atoms with Gasteiger partial charge < -0.3 is 10.4 Å². The lowest BCUT2D eigenvalue weighted by Gasteiger charge is -2.25. The van der Waals surface area contributed by atoms with Crippen LogP contribution < -0.4 is 5.32 Å². The van der Waals surface area contributed by atoms with Crippen LogP contribution in [0.15, 0.2) is 12.1 Å². The molecule has 1 rings (SSSR count). The lowest BCUT2D eigenvalue weighted by atomic mass is 10.0. The fourth-order valence-corrected chi connectivity index (χ4v) is 2.47. The van der Waals surface area contributed by atoms with E-state index in [-0.39, 0.29) is 12.1 Å². The molecule has 0 spiro atoms. The van der Waals surface area contributed by atoms with Crippen LogP contribution >= 0.6 is 22.9 Å². The van der Waals surface area contributed by atoms with Gasteiger partial charge in [0.25, 0.3) is 0 Å². The van der Waals surface area contributed by atoms with Crippen molar-refractivity contribution in [3.05, 3.63) is 21.3 Å². The SMILES string of the molecule is CC(C)(CCO)NCCc1ccc(Cl)s1. The molecule has 0 unspecified atom stereocenters. The van der Waals surface area contributed by atoms with Crippen LogP contribution in [0.3, 0.4) is 0 Å². The Hall–Kier alpha value is -0.0900. The number of thiophene rings is 1. The first-order valence-corrected chi connectivity index (χ1v) is 6.33. The van der Waals surface area contributed by atoms with Crippen molar-refractivity contribution in [2.75, 3.05) is 13.2 Å². The Labute approximate surface area is 100 Å². The second-order valence-electron chi connectivity index (χ2n) is 4.24. The van der Waals surface area contributed by atoms with Crippen LogP contribution in [-0.4, -0.2) is 23.8 Å². The fraction of sp³-hybridized carbons (Fsp3) is 0.636. The third-order valence-corrected chi connectivity index (χ3v) is 3.63. The average molecular weight is 248 g/mol. The lowest BCUT2D eigenvalue weighted by Crippen LogP contribution is -2.41. The number of hydrogen-bond donors (Lipinski definition) is 2. The number of halogens is 1. The lowest BCUT2D eigenvalue weighted by molar-refractivity contribution is 0.232. The molecule has 0 aromatic carbocycles. The summed E-state index contributed by atoms with van der Waals surface area (Å²) in [7, 11) is 0. The molecular formula is C11H18ClNOS. The van der Waals surface area contributed by atoms with Gasteiger partial charge in [-0.2, -0.15) is 0 Å². The smallest absolute Gasteiger partial charge is 0.0931 e. The number of rotatable bonds is 6. The third-order valence-electron chi connectivity index (χ3n) is 2.34. The van der Waals surface area contributed by atoms with Gasteiger partial charge in [0, 0.05) is 23.6 Å². The van der Waals surface area contributed by atoms with E-state index in [4.69, 9.17) is 16.7 Å². The molecule has 0 aliphatic rings. The minimum atomic E-state index is 0.00973. The molecule has 0 aliphatic carbocycles. The molecule has 0 amide bonds. The van der Waals surface area contributed by atoms with E-state index >= 15 is 0 Å². The van der Waals surface area contributed by atoms with Crippen LogP contribution in [0.5, 0.6) is 0 Å². The van der Waals surface area contributed by atoms with E-state index in [2.05, 4.69) is 25.2 Å². The Kier molecular flexibility index (Phi) is 5.06. The summed E-state index contributed by atoms with van der Waals surface area (Å²) in [4.78, 5) is 1.30. The standard InChI is InChI=1S/C11H18ClNOS/c1-11(2,6-8-14)13-7-5-9-3-4-10(12)15-9/h3-4,13-14H,5-8H2,1-2H3. The second kappa shape index (κ2) is 5.85. The van der Waals surface area contributed by atoms with Crippen molar-refractivity contribution in [1.82, 2.24) is 5.32 Å². The summed E-state index contributed by atoms with van der Waals surface area (Å²) >= 11 is 7.47. The first kappa shape index (κ1) is 13.0. The molecule has 0 bridgehead atoms. The van der Waals surface area contributed by atoms with E-state index < -0.39 is 0 Å². The topological polar surface area (TPSA) is 32.3 Å². The highest BCUT2D eigenvalue weighted by atomic mass is 35.5. The van der Waals surface area contributed by atoms with Gasteiger partial charge >= 0.3 is 0 Å². The highest BCUT2D eigenvalue weighted by Gasteiger charge is 2.15. The maximum atomic E-state index is 8.87. The summed E-state index contributed by atoms with van der Waals surface area (Å²) in [6.45, 7) is 5.35. The van der Waals surface area contributed by atoms with Gasteiger partial charge in [0.15, 0.2) is 0 Å². The maximum absolute atomic E-state index is 8.87. The van der Waals surface area contributed by atoms with Gasteiger partial charge in [-0.1, -0.05) is 11.6 Å². The minimum Gasteiger partial charge on any atom is -0.396 e. The molecule has 0 radical (unpaired) electrons. The van der Waals surface area contributed by atoms with Crippen molar-refractivity contribution < 1.29 is 5.11 Å². The zero-order valence-corrected chi connectivity index (χ0v) is 10.8. The van der Waals surface area contributed by atoms with Gasteiger partial charge in [-0.3, -0.25) is 0 Å². The predicted octanol–water partition coefficient (Wildman–Crippen LogP) is 2.69. The zero-order chi connectivity index (χ0) is 11.3. The highest BCUT2D eigenvalue weighted by molar-refractivity contribution is 7.16. The van der Waals surface area contributed by atoms with Gasteiger partial charge in [0.2, 0.25) is 0 Å². The minimum absolute atomic E-state index is 0.00973. The molecule has 0 saturated carbocycles. The van der Waals surface area contributed by atoms with Gasteiger partial charge in [-0.05, 0) is 38.8 Å². The summed E-state index contributed by atoms with van der Waals surface area (Å²) < 4.78 is 0.847. The van der Waals surface area contributed by atoms with E-state index in [9.17, 15) is 0 Å². The Balaban J connectivity index is 2.27. The quantitative estimate of drug-likeness (QED) is 0.810. The molecular weight excluding hydrogens is 230 g/mol. The van der Waals surface area contributed by atoms with Gasteiger partial charge in [0.05, 0.1) is 4.34 Å².